The number of amides is 4. The normalized spacial score (nSPS) is 17.5. The molecular formula is C20H24FN3O5. The molecule has 1 saturated carbocycles. The summed E-state index contributed by atoms with van der Waals surface area (Å²) in [4.78, 5) is 49.2. The van der Waals surface area contributed by atoms with Gasteiger partial charge in [0.1, 0.15) is 11.4 Å². The van der Waals surface area contributed by atoms with Gasteiger partial charge in [-0.2, -0.15) is 0 Å². The van der Waals surface area contributed by atoms with Gasteiger partial charge in [0, 0.05) is 19.5 Å². The Hall–Kier alpha value is -2.97. The van der Waals surface area contributed by atoms with Gasteiger partial charge >= 0.3 is 12.0 Å². The summed E-state index contributed by atoms with van der Waals surface area (Å²) >= 11 is 0. The van der Waals surface area contributed by atoms with Gasteiger partial charge in [0.05, 0.1) is 0 Å². The molecule has 1 heterocycles. The fourth-order valence-electron chi connectivity index (χ4n) is 3.65. The smallest absolute Gasteiger partial charge is 0.325 e. The lowest BCUT2D eigenvalue weighted by molar-refractivity contribution is -0.148. The molecule has 2 aliphatic rings. The molecule has 0 atom stereocenters. The minimum absolute atomic E-state index is 0.00466. The van der Waals surface area contributed by atoms with Crippen LogP contribution in [0.5, 0.6) is 0 Å². The van der Waals surface area contributed by atoms with E-state index in [0.717, 1.165) is 23.3 Å². The van der Waals surface area contributed by atoms with Gasteiger partial charge in [-0.05, 0) is 37.0 Å². The Kier molecular flexibility index (Phi) is 6.46. The van der Waals surface area contributed by atoms with E-state index in [-0.39, 0.29) is 37.7 Å². The van der Waals surface area contributed by atoms with Crippen molar-refractivity contribution >= 4 is 23.8 Å². The molecule has 1 spiro atoms. The Balaban J connectivity index is 1.33. The quantitative estimate of drug-likeness (QED) is 0.505. The molecule has 29 heavy (non-hydrogen) atoms. The fourth-order valence-corrected chi connectivity index (χ4v) is 3.65. The highest BCUT2D eigenvalue weighted by molar-refractivity contribution is 6.07. The van der Waals surface area contributed by atoms with Crippen molar-refractivity contribution in [2.24, 2.45) is 0 Å². The van der Waals surface area contributed by atoms with Crippen LogP contribution in [-0.4, -0.2) is 47.4 Å². The summed E-state index contributed by atoms with van der Waals surface area (Å²) in [6, 6.07) is 5.27. The number of carbonyl (C=O) groups is 4. The van der Waals surface area contributed by atoms with Crippen LogP contribution in [0.2, 0.25) is 0 Å². The second-order valence-electron chi connectivity index (χ2n) is 7.34. The van der Waals surface area contributed by atoms with Crippen LogP contribution in [-0.2, 0) is 25.7 Å². The molecule has 8 nitrogen and oxygen atoms in total. The van der Waals surface area contributed by atoms with E-state index in [1.165, 1.54) is 12.1 Å². The van der Waals surface area contributed by atoms with Gasteiger partial charge in [-0.25, -0.2) is 9.18 Å². The van der Waals surface area contributed by atoms with E-state index >= 15 is 0 Å². The van der Waals surface area contributed by atoms with E-state index < -0.39 is 30.1 Å². The van der Waals surface area contributed by atoms with Gasteiger partial charge in [-0.3, -0.25) is 19.3 Å². The fraction of sp³-hybridized carbons (Fsp3) is 0.500. The largest absolute Gasteiger partial charge is 0.456 e. The molecule has 0 radical (unpaired) electrons. The molecule has 2 N–H and O–H groups in total. The lowest BCUT2D eigenvalue weighted by atomic mass is 9.98. The number of nitrogens with one attached hydrogen (secondary N) is 2. The number of hydrogen-bond acceptors (Lipinski definition) is 5. The molecule has 1 aliphatic heterocycles. The van der Waals surface area contributed by atoms with Crippen molar-refractivity contribution in [1.29, 1.82) is 0 Å². The molecule has 0 bridgehead atoms. The van der Waals surface area contributed by atoms with E-state index in [1.54, 1.807) is 12.1 Å². The average Bonchev–Trinajstić information content (AvgIpc) is 3.26. The number of imide groups is 1. The molecule has 156 valence electrons. The maximum atomic E-state index is 12.8. The highest BCUT2D eigenvalue weighted by Crippen LogP contribution is 2.35. The third-order valence-corrected chi connectivity index (χ3v) is 5.23. The Morgan fingerprint density at radius 1 is 1.17 bits per heavy atom. The number of carbonyl (C=O) groups excluding carboxylic acids is 4. The molecular weight excluding hydrogens is 381 g/mol. The first-order valence-electron chi connectivity index (χ1n) is 9.70. The average molecular weight is 405 g/mol. The number of urea groups is 1. The Bertz CT molecular complexity index is 790. The van der Waals surface area contributed by atoms with E-state index in [4.69, 9.17) is 4.74 Å². The highest BCUT2D eigenvalue weighted by Gasteiger charge is 2.52. The number of esters is 1. The summed E-state index contributed by atoms with van der Waals surface area (Å²) in [5.41, 5.74) is -0.0279. The Morgan fingerprint density at radius 2 is 1.86 bits per heavy atom. The van der Waals surface area contributed by atoms with Gasteiger partial charge in [0.2, 0.25) is 0 Å². The first kappa shape index (κ1) is 20.8. The lowest BCUT2D eigenvalue weighted by Crippen LogP contribution is -2.44. The van der Waals surface area contributed by atoms with Gasteiger partial charge in [-0.1, -0.05) is 25.0 Å². The van der Waals surface area contributed by atoms with Crippen LogP contribution in [0.15, 0.2) is 24.3 Å². The molecule has 0 aromatic heterocycles. The predicted octanol–water partition coefficient (Wildman–Crippen LogP) is 1.63. The van der Waals surface area contributed by atoms with E-state index in [2.05, 4.69) is 10.6 Å². The van der Waals surface area contributed by atoms with Crippen LogP contribution in [0.1, 0.15) is 44.1 Å². The topological polar surface area (TPSA) is 105 Å². The van der Waals surface area contributed by atoms with Gasteiger partial charge in [0.15, 0.2) is 6.61 Å². The zero-order valence-electron chi connectivity index (χ0n) is 16.0. The van der Waals surface area contributed by atoms with Crippen molar-refractivity contribution in [3.05, 3.63) is 35.6 Å². The van der Waals surface area contributed by atoms with Crippen molar-refractivity contribution in [1.82, 2.24) is 15.5 Å². The van der Waals surface area contributed by atoms with E-state index in [0.29, 0.717) is 12.8 Å². The molecule has 4 amide bonds. The van der Waals surface area contributed by atoms with Gasteiger partial charge < -0.3 is 15.4 Å². The molecule has 1 saturated heterocycles. The summed E-state index contributed by atoms with van der Waals surface area (Å²) in [6.07, 6.45) is 3.40. The minimum atomic E-state index is -0.750. The van der Waals surface area contributed by atoms with Crippen molar-refractivity contribution in [3.8, 4) is 0 Å². The number of halogens is 1. The first-order valence-corrected chi connectivity index (χ1v) is 9.70. The molecule has 0 unspecified atom stereocenters. The van der Waals surface area contributed by atoms with Gasteiger partial charge in [-0.15, -0.1) is 0 Å². The van der Waals surface area contributed by atoms with Crippen LogP contribution in [0.25, 0.3) is 0 Å². The molecule has 1 aliphatic carbocycles. The summed E-state index contributed by atoms with van der Waals surface area (Å²) in [6.45, 7) is -0.0881. The van der Waals surface area contributed by atoms with Crippen LogP contribution in [0.4, 0.5) is 9.18 Å². The van der Waals surface area contributed by atoms with Gasteiger partial charge in [0.25, 0.3) is 11.8 Å². The molecule has 1 aromatic carbocycles. The summed E-state index contributed by atoms with van der Waals surface area (Å²) in [7, 11) is 0. The third kappa shape index (κ3) is 5.10. The third-order valence-electron chi connectivity index (χ3n) is 5.23. The van der Waals surface area contributed by atoms with E-state index in [9.17, 15) is 23.6 Å². The lowest BCUT2D eigenvalue weighted by Gasteiger charge is -2.19. The van der Waals surface area contributed by atoms with Crippen LogP contribution in [0, 0.1) is 5.82 Å². The van der Waals surface area contributed by atoms with Crippen molar-refractivity contribution in [2.45, 2.75) is 50.6 Å². The zero-order chi connectivity index (χ0) is 20.9. The standard InChI is InChI=1S/C20H24FN3O5/c21-15-7-5-14(6-8-15)12-22-16(25)13-29-17(26)4-3-11-24-18(27)20(23-19(24)28)9-1-2-10-20/h5-8H,1-4,9-13H2,(H,22,25)(H,23,28). The number of nitrogens with zero attached hydrogens (tertiary/aromatic N) is 1. The number of ether oxygens (including phenoxy) is 1. The number of rotatable bonds is 8. The summed E-state index contributed by atoms with van der Waals surface area (Å²) < 4.78 is 17.7. The van der Waals surface area contributed by atoms with Crippen LogP contribution < -0.4 is 10.6 Å². The van der Waals surface area contributed by atoms with Crippen molar-refractivity contribution < 1.29 is 28.3 Å². The SMILES string of the molecule is O=C(COC(=O)CCCN1C(=O)NC2(CCCC2)C1=O)NCc1ccc(F)cc1. The summed E-state index contributed by atoms with van der Waals surface area (Å²) in [5, 5.41) is 5.36. The van der Waals surface area contributed by atoms with E-state index in [1.807, 2.05) is 0 Å². The zero-order valence-corrected chi connectivity index (χ0v) is 16.0. The van der Waals surface area contributed by atoms with Crippen LogP contribution >= 0.6 is 0 Å². The molecule has 1 aromatic rings. The molecule has 2 fully saturated rings. The van der Waals surface area contributed by atoms with Crippen molar-refractivity contribution in [2.75, 3.05) is 13.2 Å². The van der Waals surface area contributed by atoms with Crippen molar-refractivity contribution in [3.63, 3.8) is 0 Å². The maximum absolute atomic E-state index is 12.8. The predicted molar refractivity (Wildman–Crippen MR) is 99.9 cm³/mol. The molecule has 9 heteroatoms. The number of hydrogen-bond donors (Lipinski definition) is 2. The Morgan fingerprint density at radius 3 is 2.55 bits per heavy atom. The monoisotopic (exact) mass is 405 g/mol. The second-order valence-corrected chi connectivity index (χ2v) is 7.34. The second kappa shape index (κ2) is 9.02. The maximum Gasteiger partial charge on any atom is 0.325 e. The highest BCUT2D eigenvalue weighted by atomic mass is 19.1. The Labute approximate surface area is 167 Å². The number of benzene rings is 1. The van der Waals surface area contributed by atoms with Crippen LogP contribution in [0.3, 0.4) is 0 Å². The molecule has 3 rings (SSSR count). The minimum Gasteiger partial charge on any atom is -0.456 e. The summed E-state index contributed by atoms with van der Waals surface area (Å²) in [5.74, 6) is -1.63. The first-order chi connectivity index (χ1) is 13.9.